The van der Waals surface area contributed by atoms with Crippen LogP contribution in [-0.4, -0.2) is 25.8 Å². The van der Waals surface area contributed by atoms with Gasteiger partial charge in [-0.3, -0.25) is 0 Å². The first kappa shape index (κ1) is 12.6. The second kappa shape index (κ2) is 4.61. The third-order valence-electron chi connectivity index (χ3n) is 2.90. The number of hydrogen-bond donors (Lipinski definition) is 0. The van der Waals surface area contributed by atoms with E-state index in [1.165, 1.54) is 31.4 Å². The van der Waals surface area contributed by atoms with Gasteiger partial charge >= 0.3 is 0 Å². The highest BCUT2D eigenvalue weighted by Crippen LogP contribution is 2.31. The number of benzene rings is 2. The average molecular weight is 290 g/mol. The number of fused-ring (bicyclic) bond motifs is 1. The van der Waals surface area contributed by atoms with Gasteiger partial charge in [-0.05, 0) is 34.6 Å². The van der Waals surface area contributed by atoms with E-state index in [1.807, 2.05) is 0 Å². The summed E-state index contributed by atoms with van der Waals surface area (Å²) >= 11 is 0. The summed E-state index contributed by atoms with van der Waals surface area (Å²) in [5.41, 5.74) is 0.442. The van der Waals surface area contributed by atoms with E-state index in [-0.39, 0.29) is 20.8 Å². The third kappa shape index (κ3) is 1.83. The van der Waals surface area contributed by atoms with Gasteiger partial charge in [-0.15, -0.1) is 0 Å². The summed E-state index contributed by atoms with van der Waals surface area (Å²) in [6.45, 7) is 0. The molecule has 1 aromatic heterocycles. The summed E-state index contributed by atoms with van der Waals surface area (Å²) < 4.78 is 34.9. The van der Waals surface area contributed by atoms with Gasteiger partial charge in [0.1, 0.15) is 10.6 Å². The van der Waals surface area contributed by atoms with Crippen molar-refractivity contribution in [3.05, 3.63) is 42.5 Å². The van der Waals surface area contributed by atoms with Gasteiger partial charge in [0.25, 0.3) is 0 Å². The van der Waals surface area contributed by atoms with Gasteiger partial charge in [0.2, 0.25) is 9.84 Å². The molecule has 0 saturated heterocycles. The van der Waals surface area contributed by atoms with Crippen LogP contribution in [0.15, 0.2) is 56.9 Å². The van der Waals surface area contributed by atoms with E-state index in [2.05, 4.69) is 14.9 Å². The Morgan fingerprint density at radius 3 is 2.40 bits per heavy atom. The molecule has 3 aromatic rings. The SMILES string of the molecule is COc1ccc(S(=O)(=O)c2ccccc2)c2nonc12. The van der Waals surface area contributed by atoms with E-state index in [0.717, 1.165) is 0 Å². The lowest BCUT2D eigenvalue weighted by Gasteiger charge is -2.06. The number of rotatable bonds is 3. The molecule has 0 unspecified atom stereocenters. The van der Waals surface area contributed by atoms with Gasteiger partial charge in [-0.2, -0.15) is 0 Å². The van der Waals surface area contributed by atoms with E-state index in [9.17, 15) is 8.42 Å². The number of ether oxygens (including phenoxy) is 1. The third-order valence-corrected chi connectivity index (χ3v) is 4.71. The Bertz CT molecular complexity index is 856. The van der Waals surface area contributed by atoms with E-state index < -0.39 is 9.84 Å². The summed E-state index contributed by atoms with van der Waals surface area (Å²) in [6.07, 6.45) is 0. The summed E-state index contributed by atoms with van der Waals surface area (Å²) in [6, 6.07) is 11.1. The molecule has 2 aromatic carbocycles. The Labute approximate surface area is 114 Å². The molecule has 0 aliphatic heterocycles. The fourth-order valence-electron chi connectivity index (χ4n) is 1.93. The number of nitrogens with zero attached hydrogens (tertiary/aromatic N) is 2. The van der Waals surface area contributed by atoms with E-state index in [4.69, 9.17) is 4.74 Å². The van der Waals surface area contributed by atoms with Crippen LogP contribution >= 0.6 is 0 Å². The first-order valence-corrected chi connectivity index (χ1v) is 7.22. The molecular formula is C13H10N2O4S. The van der Waals surface area contributed by atoms with Gasteiger partial charge in [0.05, 0.1) is 12.0 Å². The summed E-state index contributed by atoms with van der Waals surface area (Å²) in [7, 11) is -2.21. The molecule has 1 heterocycles. The van der Waals surface area contributed by atoms with Crippen LogP contribution in [0.5, 0.6) is 5.75 Å². The predicted octanol–water partition coefficient (Wildman–Crippen LogP) is 2.06. The van der Waals surface area contributed by atoms with Crippen molar-refractivity contribution in [3.8, 4) is 5.75 Å². The highest BCUT2D eigenvalue weighted by atomic mass is 32.2. The van der Waals surface area contributed by atoms with Crippen LogP contribution in [0, 0.1) is 0 Å². The average Bonchev–Trinajstić information content (AvgIpc) is 2.96. The largest absolute Gasteiger partial charge is 0.494 e. The first-order valence-electron chi connectivity index (χ1n) is 5.74. The highest BCUT2D eigenvalue weighted by Gasteiger charge is 2.24. The molecule has 3 rings (SSSR count). The molecule has 0 bridgehead atoms. The number of aromatic nitrogens is 2. The molecule has 0 fully saturated rings. The second-order valence-electron chi connectivity index (χ2n) is 4.04. The lowest BCUT2D eigenvalue weighted by Crippen LogP contribution is -2.03. The lowest BCUT2D eigenvalue weighted by molar-refractivity contribution is 0.313. The molecule has 0 aliphatic rings. The van der Waals surface area contributed by atoms with Crippen molar-refractivity contribution in [3.63, 3.8) is 0 Å². The van der Waals surface area contributed by atoms with Gasteiger partial charge in [-0.25, -0.2) is 13.0 Å². The molecule has 0 atom stereocenters. The number of hydrogen-bond acceptors (Lipinski definition) is 6. The Kier molecular flexibility index (Phi) is 2.90. The van der Waals surface area contributed by atoms with E-state index in [0.29, 0.717) is 5.75 Å². The summed E-state index contributed by atoms with van der Waals surface area (Å²) in [4.78, 5) is 0.232. The molecule has 6 nitrogen and oxygen atoms in total. The van der Waals surface area contributed by atoms with Crippen LogP contribution < -0.4 is 4.74 Å². The van der Waals surface area contributed by atoms with Gasteiger partial charge < -0.3 is 4.74 Å². The Morgan fingerprint density at radius 1 is 1.00 bits per heavy atom. The van der Waals surface area contributed by atoms with Crippen LogP contribution in [-0.2, 0) is 9.84 Å². The molecule has 0 amide bonds. The van der Waals surface area contributed by atoms with Crippen molar-refractivity contribution in [2.45, 2.75) is 9.79 Å². The molecule has 0 aliphatic carbocycles. The van der Waals surface area contributed by atoms with Crippen LogP contribution in [0.25, 0.3) is 11.0 Å². The molecule has 0 N–H and O–H groups in total. The van der Waals surface area contributed by atoms with E-state index in [1.54, 1.807) is 18.2 Å². The number of sulfone groups is 1. The molecule has 0 radical (unpaired) electrons. The van der Waals surface area contributed by atoms with Crippen molar-refractivity contribution < 1.29 is 17.8 Å². The minimum absolute atomic E-state index is 0.0424. The van der Waals surface area contributed by atoms with Crippen LogP contribution in [0.2, 0.25) is 0 Å². The zero-order valence-corrected chi connectivity index (χ0v) is 11.3. The fourth-order valence-corrected chi connectivity index (χ4v) is 3.33. The topological polar surface area (TPSA) is 82.3 Å². The van der Waals surface area contributed by atoms with Crippen LogP contribution in [0.1, 0.15) is 0 Å². The second-order valence-corrected chi connectivity index (χ2v) is 5.96. The quantitative estimate of drug-likeness (QED) is 0.734. The minimum atomic E-state index is -3.68. The van der Waals surface area contributed by atoms with Gasteiger partial charge in [0, 0.05) is 0 Å². The number of methoxy groups -OCH3 is 1. The first-order chi connectivity index (χ1) is 9.64. The summed E-state index contributed by atoms with van der Waals surface area (Å²) in [5.74, 6) is 0.410. The summed E-state index contributed by atoms with van der Waals surface area (Å²) in [5, 5.41) is 7.36. The van der Waals surface area contributed by atoms with Crippen molar-refractivity contribution in [1.82, 2.24) is 10.3 Å². The Morgan fingerprint density at radius 2 is 1.70 bits per heavy atom. The minimum Gasteiger partial charge on any atom is -0.494 e. The predicted molar refractivity (Wildman–Crippen MR) is 70.2 cm³/mol. The van der Waals surface area contributed by atoms with Crippen LogP contribution in [0.4, 0.5) is 0 Å². The smallest absolute Gasteiger partial charge is 0.208 e. The maximum Gasteiger partial charge on any atom is 0.208 e. The van der Waals surface area contributed by atoms with Crippen molar-refractivity contribution in [2.24, 2.45) is 0 Å². The van der Waals surface area contributed by atoms with Crippen molar-refractivity contribution in [2.75, 3.05) is 7.11 Å². The van der Waals surface area contributed by atoms with Crippen molar-refractivity contribution in [1.29, 1.82) is 0 Å². The molecular weight excluding hydrogens is 280 g/mol. The standard InChI is InChI=1S/C13H10N2O4S/c1-18-10-7-8-11(13-12(10)14-19-15-13)20(16,17)9-5-3-2-4-6-9/h2-8H,1H3. The normalized spacial score (nSPS) is 11.7. The van der Waals surface area contributed by atoms with Gasteiger partial charge in [-0.1, -0.05) is 18.2 Å². The maximum atomic E-state index is 12.6. The highest BCUT2D eigenvalue weighted by molar-refractivity contribution is 7.91. The molecule has 7 heteroatoms. The zero-order chi connectivity index (χ0) is 14.2. The Balaban J connectivity index is 2.28. The molecule has 20 heavy (non-hydrogen) atoms. The molecule has 0 saturated carbocycles. The zero-order valence-electron chi connectivity index (χ0n) is 10.5. The monoisotopic (exact) mass is 290 g/mol. The molecule has 0 spiro atoms. The Hall–Kier alpha value is -2.41. The maximum absolute atomic E-state index is 12.6. The van der Waals surface area contributed by atoms with Crippen LogP contribution in [0.3, 0.4) is 0 Å². The van der Waals surface area contributed by atoms with Gasteiger partial charge in [0.15, 0.2) is 11.0 Å². The van der Waals surface area contributed by atoms with E-state index >= 15 is 0 Å². The molecule has 102 valence electrons. The van der Waals surface area contributed by atoms with Crippen molar-refractivity contribution >= 4 is 20.9 Å². The fraction of sp³-hybridized carbons (Fsp3) is 0.0769. The lowest BCUT2D eigenvalue weighted by atomic mass is 10.3.